The van der Waals surface area contributed by atoms with Crippen LogP contribution in [0, 0.1) is 12.8 Å². The number of H-pyrrole nitrogens is 1. The predicted molar refractivity (Wildman–Crippen MR) is 105 cm³/mol. The molecule has 2 N–H and O–H groups in total. The lowest BCUT2D eigenvalue weighted by molar-refractivity contribution is -0.141. The molecule has 2 aromatic carbocycles. The second-order valence-corrected chi connectivity index (χ2v) is 7.10. The van der Waals surface area contributed by atoms with Crippen LogP contribution in [0.1, 0.15) is 27.7 Å². The first-order valence-corrected chi connectivity index (χ1v) is 9.23. The topological polar surface area (TPSA) is 86.3 Å². The van der Waals surface area contributed by atoms with Gasteiger partial charge in [-0.1, -0.05) is 60.7 Å². The number of aromatic amines is 1. The summed E-state index contributed by atoms with van der Waals surface area (Å²) in [7, 11) is 0. The van der Waals surface area contributed by atoms with E-state index in [9.17, 15) is 14.7 Å². The second-order valence-electron chi connectivity index (χ2n) is 7.10. The lowest BCUT2D eigenvalue weighted by atomic mass is 9.89. The van der Waals surface area contributed by atoms with E-state index in [1.54, 1.807) is 4.90 Å². The van der Waals surface area contributed by atoms with Crippen LogP contribution in [0.4, 0.5) is 0 Å². The molecule has 1 aliphatic rings. The summed E-state index contributed by atoms with van der Waals surface area (Å²) in [4.78, 5) is 34.2. The molecule has 1 fully saturated rings. The third-order valence-corrected chi connectivity index (χ3v) is 5.29. The summed E-state index contributed by atoms with van der Waals surface area (Å²) < 4.78 is 0. The highest BCUT2D eigenvalue weighted by Gasteiger charge is 2.41. The molecular formula is C22H21N3O3. The molecule has 1 amide bonds. The van der Waals surface area contributed by atoms with Gasteiger partial charge in [0.1, 0.15) is 11.5 Å². The van der Waals surface area contributed by atoms with Gasteiger partial charge in [0.05, 0.1) is 5.92 Å². The number of carboxylic acids is 1. The Hall–Kier alpha value is -3.41. The molecule has 0 bridgehead atoms. The van der Waals surface area contributed by atoms with Crippen LogP contribution in [0.2, 0.25) is 0 Å². The van der Waals surface area contributed by atoms with Crippen molar-refractivity contribution in [1.82, 2.24) is 14.9 Å². The molecule has 6 heteroatoms. The number of benzene rings is 2. The molecule has 142 valence electrons. The molecule has 0 aliphatic carbocycles. The molecule has 28 heavy (non-hydrogen) atoms. The zero-order valence-corrected chi connectivity index (χ0v) is 15.5. The van der Waals surface area contributed by atoms with E-state index in [0.29, 0.717) is 23.8 Å². The van der Waals surface area contributed by atoms with Crippen molar-refractivity contribution in [3.8, 4) is 11.4 Å². The number of nitrogens with one attached hydrogen (secondary N) is 1. The van der Waals surface area contributed by atoms with E-state index in [4.69, 9.17) is 0 Å². The van der Waals surface area contributed by atoms with Crippen molar-refractivity contribution in [3.05, 3.63) is 77.6 Å². The van der Waals surface area contributed by atoms with Crippen molar-refractivity contribution in [2.75, 3.05) is 13.1 Å². The minimum absolute atomic E-state index is 0.181. The molecule has 6 nitrogen and oxygen atoms in total. The normalized spacial score (nSPS) is 19.0. The van der Waals surface area contributed by atoms with Crippen molar-refractivity contribution >= 4 is 11.9 Å². The van der Waals surface area contributed by atoms with Crippen LogP contribution in [-0.4, -0.2) is 44.9 Å². The van der Waals surface area contributed by atoms with E-state index < -0.39 is 11.9 Å². The number of carbonyl (C=O) groups excluding carboxylic acids is 1. The predicted octanol–water partition coefficient (Wildman–Crippen LogP) is 3.33. The number of aliphatic carboxylic acids is 1. The average Bonchev–Trinajstić information content (AvgIpc) is 3.33. The molecule has 0 saturated carbocycles. The Morgan fingerprint density at radius 3 is 2.32 bits per heavy atom. The van der Waals surface area contributed by atoms with Gasteiger partial charge in [0.25, 0.3) is 5.91 Å². The van der Waals surface area contributed by atoms with Crippen LogP contribution >= 0.6 is 0 Å². The molecule has 4 rings (SSSR count). The third kappa shape index (κ3) is 3.29. The molecule has 3 aromatic rings. The molecular weight excluding hydrogens is 354 g/mol. The Kier molecular flexibility index (Phi) is 4.69. The monoisotopic (exact) mass is 375 g/mol. The first-order valence-electron chi connectivity index (χ1n) is 9.23. The van der Waals surface area contributed by atoms with Gasteiger partial charge in [-0.05, 0) is 12.5 Å². The fraction of sp³-hybridized carbons (Fsp3) is 0.227. The Bertz CT molecular complexity index is 998. The molecule has 1 saturated heterocycles. The number of aromatic nitrogens is 2. The van der Waals surface area contributed by atoms with Gasteiger partial charge in [-0.2, -0.15) is 0 Å². The number of rotatable bonds is 4. The largest absolute Gasteiger partial charge is 0.481 e. The number of amides is 1. The standard InChI is InChI=1S/C22H21N3O3/c1-14-19(24-20(23-14)16-10-6-3-7-11-16)21(26)25-12-17(18(13-25)22(27)28)15-8-4-2-5-9-15/h2-11,17-18H,12-13H2,1H3,(H,23,24)(H,27,28)/t17-,18+/m0/s1. The van der Waals surface area contributed by atoms with Crippen LogP contribution in [0.15, 0.2) is 60.7 Å². The summed E-state index contributed by atoms with van der Waals surface area (Å²) in [6.07, 6.45) is 0. The van der Waals surface area contributed by atoms with Gasteiger partial charge in [-0.3, -0.25) is 9.59 Å². The highest BCUT2D eigenvalue weighted by Crippen LogP contribution is 2.34. The van der Waals surface area contributed by atoms with Crippen LogP contribution < -0.4 is 0 Å². The number of hydrogen-bond acceptors (Lipinski definition) is 3. The summed E-state index contributed by atoms with van der Waals surface area (Å²) in [6, 6.07) is 19.1. The number of nitrogens with zero attached hydrogens (tertiary/aromatic N) is 2. The Labute approximate surface area is 162 Å². The van der Waals surface area contributed by atoms with Crippen molar-refractivity contribution in [3.63, 3.8) is 0 Å². The van der Waals surface area contributed by atoms with Gasteiger partial charge in [-0.25, -0.2) is 4.98 Å². The number of imidazole rings is 1. The maximum atomic E-state index is 13.1. The van der Waals surface area contributed by atoms with Gasteiger partial charge in [0.15, 0.2) is 0 Å². The lowest BCUT2D eigenvalue weighted by Gasteiger charge is -2.15. The molecule has 2 heterocycles. The lowest BCUT2D eigenvalue weighted by Crippen LogP contribution is -2.30. The number of hydrogen-bond donors (Lipinski definition) is 2. The summed E-state index contributed by atoms with van der Waals surface area (Å²) in [5, 5.41) is 9.66. The molecule has 2 atom stereocenters. The highest BCUT2D eigenvalue weighted by atomic mass is 16.4. The molecule has 0 radical (unpaired) electrons. The highest BCUT2D eigenvalue weighted by molar-refractivity contribution is 5.95. The van der Waals surface area contributed by atoms with E-state index in [1.165, 1.54) is 0 Å². The summed E-state index contributed by atoms with van der Waals surface area (Å²) >= 11 is 0. The van der Waals surface area contributed by atoms with E-state index >= 15 is 0 Å². The molecule has 0 spiro atoms. The SMILES string of the molecule is Cc1[nH]c(-c2ccccc2)nc1C(=O)N1C[C@@H](C(=O)O)[C@H](c2ccccc2)C1. The van der Waals surface area contributed by atoms with Crippen LogP contribution in [-0.2, 0) is 4.79 Å². The number of carbonyl (C=O) groups is 2. The number of likely N-dealkylation sites (tertiary alicyclic amines) is 1. The fourth-order valence-electron chi connectivity index (χ4n) is 3.81. The number of carboxylic acid groups (broad SMARTS) is 1. The van der Waals surface area contributed by atoms with Crippen molar-refractivity contribution in [2.45, 2.75) is 12.8 Å². The van der Waals surface area contributed by atoms with Gasteiger partial charge in [-0.15, -0.1) is 0 Å². The summed E-state index contributed by atoms with van der Waals surface area (Å²) in [5.74, 6) is -1.33. The van der Waals surface area contributed by atoms with Gasteiger partial charge in [0.2, 0.25) is 0 Å². The summed E-state index contributed by atoms with van der Waals surface area (Å²) in [6.45, 7) is 2.36. The van der Waals surface area contributed by atoms with Crippen LogP contribution in [0.3, 0.4) is 0 Å². The summed E-state index contributed by atoms with van der Waals surface area (Å²) in [5.41, 5.74) is 2.86. The minimum atomic E-state index is -0.882. The Balaban J connectivity index is 1.60. The first kappa shape index (κ1) is 18.0. The van der Waals surface area contributed by atoms with Crippen LogP contribution in [0.5, 0.6) is 0 Å². The fourth-order valence-corrected chi connectivity index (χ4v) is 3.81. The van der Waals surface area contributed by atoms with Gasteiger partial charge < -0.3 is 15.0 Å². The maximum Gasteiger partial charge on any atom is 0.308 e. The Morgan fingerprint density at radius 1 is 1.04 bits per heavy atom. The van der Waals surface area contributed by atoms with Gasteiger partial charge in [0, 0.05) is 30.3 Å². The minimum Gasteiger partial charge on any atom is -0.481 e. The van der Waals surface area contributed by atoms with E-state index in [2.05, 4.69) is 9.97 Å². The quantitative estimate of drug-likeness (QED) is 0.732. The van der Waals surface area contributed by atoms with E-state index in [0.717, 1.165) is 11.1 Å². The van der Waals surface area contributed by atoms with Gasteiger partial charge >= 0.3 is 5.97 Å². The Morgan fingerprint density at radius 2 is 1.68 bits per heavy atom. The average molecular weight is 375 g/mol. The van der Waals surface area contributed by atoms with Crippen molar-refractivity contribution in [1.29, 1.82) is 0 Å². The smallest absolute Gasteiger partial charge is 0.308 e. The van der Waals surface area contributed by atoms with E-state index in [1.807, 2.05) is 67.6 Å². The third-order valence-electron chi connectivity index (χ3n) is 5.29. The van der Waals surface area contributed by atoms with Crippen LogP contribution in [0.25, 0.3) is 11.4 Å². The van der Waals surface area contributed by atoms with Crippen molar-refractivity contribution in [2.24, 2.45) is 5.92 Å². The maximum absolute atomic E-state index is 13.1. The zero-order chi connectivity index (χ0) is 19.7. The van der Waals surface area contributed by atoms with E-state index in [-0.39, 0.29) is 18.4 Å². The number of aryl methyl sites for hydroxylation is 1. The van der Waals surface area contributed by atoms with Crippen molar-refractivity contribution < 1.29 is 14.7 Å². The first-order chi connectivity index (χ1) is 13.5. The second kappa shape index (κ2) is 7.31. The molecule has 1 aromatic heterocycles. The molecule has 1 aliphatic heterocycles. The molecule has 0 unspecified atom stereocenters. The zero-order valence-electron chi connectivity index (χ0n) is 15.5.